The molecule has 0 aliphatic heterocycles. The maximum atomic E-state index is 12.4. The second-order valence-corrected chi connectivity index (χ2v) is 7.69. The van der Waals surface area contributed by atoms with Crippen LogP contribution in [0.1, 0.15) is 66.8 Å². The van der Waals surface area contributed by atoms with Crippen molar-refractivity contribution in [3.05, 3.63) is 18.2 Å². The summed E-state index contributed by atoms with van der Waals surface area (Å²) in [5, 5.41) is 3.45. The van der Waals surface area contributed by atoms with Crippen LogP contribution >= 0.6 is 0 Å². The van der Waals surface area contributed by atoms with Crippen molar-refractivity contribution in [2.45, 2.75) is 72.1 Å². The molecular weight excluding hydrogens is 292 g/mol. The molecule has 0 aliphatic carbocycles. The van der Waals surface area contributed by atoms with E-state index in [1.165, 1.54) is 0 Å². The van der Waals surface area contributed by atoms with Gasteiger partial charge in [0.2, 0.25) is 0 Å². The van der Waals surface area contributed by atoms with E-state index in [0.717, 1.165) is 12.2 Å². The normalized spacial score (nSPS) is 13.7. The molecule has 6 heteroatoms. The summed E-state index contributed by atoms with van der Waals surface area (Å²) in [4.78, 5) is 21.6. The lowest BCUT2D eigenvalue weighted by atomic mass is 10.1. The molecule has 0 saturated carbocycles. The molecule has 2 N–H and O–H groups in total. The zero-order chi connectivity index (χ0) is 17.7. The van der Waals surface area contributed by atoms with E-state index in [0.29, 0.717) is 13.1 Å². The van der Waals surface area contributed by atoms with Crippen molar-refractivity contribution in [3.8, 4) is 0 Å². The fourth-order valence-corrected chi connectivity index (χ4v) is 2.27. The van der Waals surface area contributed by atoms with Gasteiger partial charge in [0.1, 0.15) is 11.4 Å². The lowest BCUT2D eigenvalue weighted by Gasteiger charge is -2.37. The Morgan fingerprint density at radius 2 is 2.00 bits per heavy atom. The summed E-state index contributed by atoms with van der Waals surface area (Å²) >= 11 is 0. The van der Waals surface area contributed by atoms with E-state index in [4.69, 9.17) is 4.74 Å². The third kappa shape index (κ3) is 6.60. The van der Waals surface area contributed by atoms with Crippen LogP contribution in [-0.2, 0) is 4.74 Å². The third-order valence-corrected chi connectivity index (χ3v) is 3.41. The monoisotopic (exact) mass is 324 g/mol. The fourth-order valence-electron chi connectivity index (χ4n) is 2.27. The summed E-state index contributed by atoms with van der Waals surface area (Å²) in [6.45, 7) is 15.1. The summed E-state index contributed by atoms with van der Waals surface area (Å²) in [6.07, 6.45) is 4.22. The Hall–Kier alpha value is -1.56. The molecule has 0 aliphatic rings. The Labute approximate surface area is 140 Å². The van der Waals surface area contributed by atoms with Gasteiger partial charge in [-0.1, -0.05) is 6.92 Å². The topological polar surface area (TPSA) is 70.2 Å². The number of H-pyrrole nitrogens is 1. The number of carbonyl (C=O) groups is 1. The van der Waals surface area contributed by atoms with Crippen LogP contribution in [0.5, 0.6) is 0 Å². The highest BCUT2D eigenvalue weighted by atomic mass is 16.6. The van der Waals surface area contributed by atoms with Gasteiger partial charge in [0, 0.05) is 31.0 Å². The van der Waals surface area contributed by atoms with Crippen molar-refractivity contribution in [1.29, 1.82) is 0 Å². The smallest absolute Gasteiger partial charge is 0.410 e. The summed E-state index contributed by atoms with van der Waals surface area (Å²) in [6, 6.07) is 0.158. The van der Waals surface area contributed by atoms with E-state index in [1.54, 1.807) is 11.1 Å². The number of ether oxygens (including phenoxy) is 1. The summed E-state index contributed by atoms with van der Waals surface area (Å²) < 4.78 is 5.52. The molecular formula is C17H32N4O2. The highest BCUT2D eigenvalue weighted by molar-refractivity contribution is 5.69. The Morgan fingerprint density at radius 1 is 1.35 bits per heavy atom. The lowest BCUT2D eigenvalue weighted by molar-refractivity contribution is 0.00645. The number of hydrogen-bond acceptors (Lipinski definition) is 4. The van der Waals surface area contributed by atoms with Crippen molar-refractivity contribution >= 4 is 6.09 Å². The van der Waals surface area contributed by atoms with Crippen LogP contribution in [-0.4, -0.2) is 45.2 Å². The Balaban J connectivity index is 2.63. The van der Waals surface area contributed by atoms with E-state index in [2.05, 4.69) is 22.2 Å². The second kappa shape index (κ2) is 7.81. The van der Waals surface area contributed by atoms with Gasteiger partial charge >= 0.3 is 6.09 Å². The van der Waals surface area contributed by atoms with E-state index in [-0.39, 0.29) is 17.7 Å². The minimum Gasteiger partial charge on any atom is -0.444 e. The van der Waals surface area contributed by atoms with Gasteiger partial charge in [-0.05, 0) is 48.0 Å². The number of aromatic nitrogens is 2. The van der Waals surface area contributed by atoms with Crippen molar-refractivity contribution in [3.63, 3.8) is 0 Å². The predicted octanol–water partition coefficient (Wildman–Crippen LogP) is 3.49. The quantitative estimate of drug-likeness (QED) is 0.840. The Bertz CT molecular complexity index is 472. The minimum atomic E-state index is -0.492. The van der Waals surface area contributed by atoms with Gasteiger partial charge in [-0.25, -0.2) is 9.78 Å². The predicted molar refractivity (Wildman–Crippen MR) is 92.3 cm³/mol. The van der Waals surface area contributed by atoms with Crippen molar-refractivity contribution in [1.82, 2.24) is 20.2 Å². The zero-order valence-electron chi connectivity index (χ0n) is 15.6. The van der Waals surface area contributed by atoms with Gasteiger partial charge in [-0.2, -0.15) is 0 Å². The first-order valence-corrected chi connectivity index (χ1v) is 8.28. The van der Waals surface area contributed by atoms with Crippen LogP contribution in [0.25, 0.3) is 0 Å². The molecule has 132 valence electrons. The summed E-state index contributed by atoms with van der Waals surface area (Å²) in [5.74, 6) is 0.923. The van der Waals surface area contributed by atoms with Gasteiger partial charge in [-0.3, -0.25) is 0 Å². The molecule has 0 bridgehead atoms. The first-order valence-electron chi connectivity index (χ1n) is 8.28. The van der Waals surface area contributed by atoms with Gasteiger partial charge < -0.3 is 19.9 Å². The molecule has 1 heterocycles. The number of rotatable bonds is 6. The van der Waals surface area contributed by atoms with Crippen LogP contribution in [0.3, 0.4) is 0 Å². The molecule has 1 rings (SSSR count). The Kier molecular flexibility index (Phi) is 6.62. The maximum absolute atomic E-state index is 12.4. The average molecular weight is 324 g/mol. The van der Waals surface area contributed by atoms with Gasteiger partial charge in [0.15, 0.2) is 0 Å². The van der Waals surface area contributed by atoms with Crippen molar-refractivity contribution in [2.24, 2.45) is 0 Å². The molecule has 6 nitrogen and oxygen atoms in total. The molecule has 0 fully saturated rings. The van der Waals surface area contributed by atoms with Crippen LogP contribution in [0.4, 0.5) is 4.79 Å². The maximum Gasteiger partial charge on any atom is 0.410 e. The van der Waals surface area contributed by atoms with Crippen LogP contribution in [0.2, 0.25) is 0 Å². The second-order valence-electron chi connectivity index (χ2n) is 7.69. The fraction of sp³-hybridized carbons (Fsp3) is 0.765. The molecule has 23 heavy (non-hydrogen) atoms. The highest BCUT2D eigenvalue weighted by Crippen LogP contribution is 2.18. The number of imidazole rings is 1. The number of amides is 1. The Morgan fingerprint density at radius 3 is 2.43 bits per heavy atom. The number of nitrogens with one attached hydrogen (secondary N) is 2. The van der Waals surface area contributed by atoms with Crippen molar-refractivity contribution in [2.75, 3.05) is 13.1 Å². The molecule has 1 amide bonds. The molecule has 1 aromatic rings. The zero-order valence-corrected chi connectivity index (χ0v) is 15.6. The van der Waals surface area contributed by atoms with Gasteiger partial charge in [-0.15, -0.1) is 0 Å². The lowest BCUT2D eigenvalue weighted by Crippen LogP contribution is -2.50. The van der Waals surface area contributed by atoms with E-state index < -0.39 is 5.60 Å². The van der Waals surface area contributed by atoms with E-state index >= 15 is 0 Å². The van der Waals surface area contributed by atoms with Gasteiger partial charge in [0.05, 0.1) is 6.04 Å². The molecule has 1 aromatic heterocycles. The number of nitrogens with zero attached hydrogens (tertiary/aromatic N) is 2. The number of carbonyl (C=O) groups excluding carboxylic acids is 1. The average Bonchev–Trinajstić information content (AvgIpc) is 2.88. The SMILES string of the molecule is CCC(NCCN(C(=O)OC(C)(C)C)C(C)(C)C)c1ncc[nH]1. The first kappa shape index (κ1) is 19.5. The highest BCUT2D eigenvalue weighted by Gasteiger charge is 2.30. The largest absolute Gasteiger partial charge is 0.444 e. The number of hydrogen-bond donors (Lipinski definition) is 2. The molecule has 1 unspecified atom stereocenters. The minimum absolute atomic E-state index is 0.158. The van der Waals surface area contributed by atoms with E-state index in [1.807, 2.05) is 47.7 Å². The first-order chi connectivity index (χ1) is 10.5. The van der Waals surface area contributed by atoms with Crippen LogP contribution < -0.4 is 5.32 Å². The summed E-state index contributed by atoms with van der Waals surface area (Å²) in [7, 11) is 0. The van der Waals surface area contributed by atoms with E-state index in [9.17, 15) is 4.79 Å². The van der Waals surface area contributed by atoms with Crippen LogP contribution in [0, 0.1) is 0 Å². The van der Waals surface area contributed by atoms with Crippen LogP contribution in [0.15, 0.2) is 12.4 Å². The third-order valence-electron chi connectivity index (χ3n) is 3.41. The number of aromatic amines is 1. The molecule has 1 atom stereocenters. The molecule has 0 aromatic carbocycles. The molecule has 0 saturated heterocycles. The molecule has 0 spiro atoms. The molecule has 0 radical (unpaired) electrons. The van der Waals surface area contributed by atoms with Gasteiger partial charge in [0.25, 0.3) is 0 Å². The standard InChI is InChI=1S/C17H32N4O2/c1-8-13(14-19-9-10-20-14)18-11-12-21(16(2,3)4)15(22)23-17(5,6)7/h9-10,13,18H,8,11-12H2,1-7H3,(H,19,20). The van der Waals surface area contributed by atoms with Crippen molar-refractivity contribution < 1.29 is 9.53 Å². The summed E-state index contributed by atoms with van der Waals surface area (Å²) in [5.41, 5.74) is -0.787.